The van der Waals surface area contributed by atoms with E-state index in [-0.39, 0.29) is 53.8 Å². The van der Waals surface area contributed by atoms with Gasteiger partial charge in [-0.2, -0.15) is 18.2 Å². The number of para-hydroxylation sites is 1. The third-order valence-electron chi connectivity index (χ3n) is 12.7. The van der Waals surface area contributed by atoms with Crippen LogP contribution >= 0.6 is 0 Å². The van der Waals surface area contributed by atoms with Gasteiger partial charge in [-0.05, 0) is 74.4 Å². The first kappa shape index (κ1) is 43.2. The Balaban J connectivity index is 1.08. The van der Waals surface area contributed by atoms with E-state index < -0.39 is 86.0 Å². The van der Waals surface area contributed by atoms with Crippen LogP contribution < -0.4 is 20.1 Å². The first-order valence-corrected chi connectivity index (χ1v) is 22.7. The Morgan fingerprint density at radius 1 is 0.953 bits per heavy atom. The van der Waals surface area contributed by atoms with Gasteiger partial charge in [-0.15, -0.1) is 6.58 Å². The van der Waals surface area contributed by atoms with Crippen LogP contribution in [0.4, 0.5) is 27.6 Å². The smallest absolute Gasteiger partial charge is 0.416 e. The van der Waals surface area contributed by atoms with E-state index >= 15 is 4.79 Å². The van der Waals surface area contributed by atoms with Crippen LogP contribution in [-0.4, -0.2) is 76.5 Å². The highest BCUT2D eigenvalue weighted by atomic mass is 32.2. The van der Waals surface area contributed by atoms with E-state index in [1.165, 1.54) is 29.2 Å². The summed E-state index contributed by atoms with van der Waals surface area (Å²) >= 11 is 0. The molecular weight excluding hydrogens is 864 g/mol. The molecular formula is C45H43F5N6O7S. The standard InChI is InChI=1S/C45H43F5N6O7S/c1-2-26-22-44(26,43(59)55-64(60,61)30-17-18-30)54-40(57)34-21-29(23-56(34)42(58)36(24-8-4-3-5-9-24)51-28-16-19-32(46)33(47)20-28)62-41-38-37(31-10-6-7-11-35(31)63-38)52-39(53-41)25-12-14-27(15-13-25)45(48,49)50/h2,6-7,10-16,19-20,24,26,29-30,34,36,51H,1,3-5,8-9,17-18,21-23H2,(H,54,57)(H,55,59)/t26-,29-,34+,36+,44-/m1/s1. The number of ether oxygens (including phenoxy) is 1. The molecule has 3 saturated carbocycles. The van der Waals surface area contributed by atoms with Crippen molar-refractivity contribution in [2.75, 3.05) is 11.9 Å². The van der Waals surface area contributed by atoms with Crippen LogP contribution in [0.2, 0.25) is 0 Å². The number of likely N-dealkylation sites (tertiary alicyclic amines) is 1. The molecule has 5 atom stereocenters. The zero-order chi connectivity index (χ0) is 45.1. The number of aromatic nitrogens is 2. The van der Waals surface area contributed by atoms with Gasteiger partial charge in [0.1, 0.15) is 34.8 Å². The van der Waals surface area contributed by atoms with Crippen LogP contribution in [0.25, 0.3) is 33.5 Å². The van der Waals surface area contributed by atoms with Crippen molar-refractivity contribution in [3.8, 4) is 17.3 Å². The second-order valence-corrected chi connectivity index (χ2v) is 19.0. The molecule has 0 spiro atoms. The van der Waals surface area contributed by atoms with Crippen LogP contribution in [0, 0.1) is 23.5 Å². The van der Waals surface area contributed by atoms with E-state index in [0.717, 1.165) is 43.5 Å². The lowest BCUT2D eigenvalue weighted by molar-refractivity contribution is -0.141. The molecule has 5 aromatic rings. The van der Waals surface area contributed by atoms with E-state index in [9.17, 15) is 40.0 Å². The fraction of sp³-hybridized carbons (Fsp3) is 0.400. The molecule has 4 aliphatic rings. The number of sulfonamides is 1. The summed E-state index contributed by atoms with van der Waals surface area (Å²) in [6, 6.07) is 12.1. The van der Waals surface area contributed by atoms with Crippen LogP contribution in [0.5, 0.6) is 5.88 Å². The highest BCUT2D eigenvalue weighted by Gasteiger charge is 2.62. The van der Waals surface area contributed by atoms with Crippen LogP contribution in [-0.2, 0) is 30.6 Å². The number of anilines is 1. The van der Waals surface area contributed by atoms with Gasteiger partial charge >= 0.3 is 6.18 Å². The molecule has 0 radical (unpaired) electrons. The molecule has 3 heterocycles. The van der Waals surface area contributed by atoms with Gasteiger partial charge in [0, 0.05) is 35.0 Å². The molecule has 3 aromatic carbocycles. The third kappa shape index (κ3) is 8.36. The Morgan fingerprint density at radius 3 is 2.36 bits per heavy atom. The second-order valence-electron chi connectivity index (χ2n) is 17.0. The number of benzene rings is 3. The predicted molar refractivity (Wildman–Crippen MR) is 224 cm³/mol. The minimum Gasteiger partial charge on any atom is -0.470 e. The van der Waals surface area contributed by atoms with Crippen molar-refractivity contribution >= 4 is 55.5 Å². The number of carbonyl (C=O) groups excluding carboxylic acids is 3. The molecule has 2 aromatic heterocycles. The number of hydrogen-bond donors (Lipinski definition) is 3. The lowest BCUT2D eigenvalue weighted by Gasteiger charge is -2.35. The number of hydrogen-bond acceptors (Lipinski definition) is 10. The summed E-state index contributed by atoms with van der Waals surface area (Å²) in [7, 11) is -4.00. The molecule has 13 nitrogen and oxygen atoms in total. The molecule has 3 aliphatic carbocycles. The molecule has 64 heavy (non-hydrogen) atoms. The number of fused-ring (bicyclic) bond motifs is 3. The van der Waals surface area contributed by atoms with Gasteiger partial charge in [-0.3, -0.25) is 19.1 Å². The number of nitrogens with one attached hydrogen (secondary N) is 3. The number of nitrogens with zero attached hydrogens (tertiary/aromatic N) is 3. The molecule has 19 heteroatoms. The van der Waals surface area contributed by atoms with Crippen LogP contribution in [0.1, 0.15) is 63.4 Å². The van der Waals surface area contributed by atoms with Crippen molar-refractivity contribution in [1.29, 1.82) is 0 Å². The lowest BCUT2D eigenvalue weighted by atomic mass is 9.83. The fourth-order valence-electron chi connectivity index (χ4n) is 8.93. The van der Waals surface area contributed by atoms with Crippen molar-refractivity contribution < 1.29 is 53.9 Å². The molecule has 1 aliphatic heterocycles. The van der Waals surface area contributed by atoms with Gasteiger partial charge in [0.25, 0.3) is 11.8 Å². The topological polar surface area (TPSA) is 173 Å². The zero-order valence-electron chi connectivity index (χ0n) is 34.2. The van der Waals surface area contributed by atoms with E-state index in [4.69, 9.17) is 9.15 Å². The van der Waals surface area contributed by atoms with Crippen LogP contribution in [0.15, 0.2) is 83.8 Å². The molecule has 3 N–H and O–H groups in total. The largest absolute Gasteiger partial charge is 0.470 e. The van der Waals surface area contributed by atoms with Crippen molar-refractivity contribution in [3.63, 3.8) is 0 Å². The van der Waals surface area contributed by atoms with E-state index in [1.807, 2.05) is 0 Å². The first-order valence-electron chi connectivity index (χ1n) is 21.1. The Kier molecular flexibility index (Phi) is 11.1. The molecule has 336 valence electrons. The summed E-state index contributed by atoms with van der Waals surface area (Å²) in [4.78, 5) is 53.9. The van der Waals surface area contributed by atoms with Crippen LogP contribution in [0.3, 0.4) is 0 Å². The monoisotopic (exact) mass is 906 g/mol. The maximum Gasteiger partial charge on any atom is 0.416 e. The zero-order valence-corrected chi connectivity index (χ0v) is 35.0. The number of furan rings is 1. The van der Waals surface area contributed by atoms with Crippen molar-refractivity contribution in [2.24, 2.45) is 11.8 Å². The minimum absolute atomic E-state index is 0.00870. The molecule has 4 fully saturated rings. The summed E-state index contributed by atoms with van der Waals surface area (Å²) in [5.41, 5.74) is -1.37. The van der Waals surface area contributed by atoms with Gasteiger partial charge in [0.05, 0.1) is 17.4 Å². The molecule has 3 amide bonds. The SMILES string of the molecule is C=C[C@@H]1C[C@]1(NC(=O)[C@@H]1C[C@@H](Oc2nc(-c3ccc(C(F)(F)F)cc3)nc3c2oc2ccccc23)CN1C(=O)[C@@H](Nc1ccc(F)c(F)c1)C1CCCCC1)C(=O)NS(=O)(=O)C1CC1. The molecule has 0 bridgehead atoms. The first-order chi connectivity index (χ1) is 30.5. The molecule has 0 unspecified atom stereocenters. The number of alkyl halides is 3. The summed E-state index contributed by atoms with van der Waals surface area (Å²) < 4.78 is 110. The quantitative estimate of drug-likeness (QED) is 0.0798. The normalized spacial score (nSPS) is 23.1. The number of amides is 3. The molecule has 9 rings (SSSR count). The average molecular weight is 907 g/mol. The van der Waals surface area contributed by atoms with Gasteiger partial charge in [-0.1, -0.05) is 49.6 Å². The highest BCUT2D eigenvalue weighted by molar-refractivity contribution is 7.91. The van der Waals surface area contributed by atoms with Gasteiger partial charge in [0.2, 0.25) is 27.4 Å². The fourth-order valence-corrected chi connectivity index (χ4v) is 10.3. The van der Waals surface area contributed by atoms with E-state index in [2.05, 4.69) is 31.9 Å². The Labute approximate surface area is 363 Å². The maximum atomic E-state index is 15.0. The highest BCUT2D eigenvalue weighted by Crippen LogP contribution is 2.46. The third-order valence-corrected chi connectivity index (χ3v) is 14.5. The van der Waals surface area contributed by atoms with E-state index in [1.54, 1.807) is 24.3 Å². The predicted octanol–water partition coefficient (Wildman–Crippen LogP) is 7.42. The van der Waals surface area contributed by atoms with Gasteiger partial charge in [0.15, 0.2) is 17.5 Å². The minimum atomic E-state index is -4.59. The van der Waals surface area contributed by atoms with Gasteiger partial charge in [-0.25, -0.2) is 22.2 Å². The Bertz CT molecular complexity index is 2780. The summed E-state index contributed by atoms with van der Waals surface area (Å²) in [6.07, 6.45) is 0.319. The summed E-state index contributed by atoms with van der Waals surface area (Å²) in [6.45, 7) is 3.55. The van der Waals surface area contributed by atoms with Gasteiger partial charge < -0.3 is 24.7 Å². The number of carbonyl (C=O) groups is 3. The van der Waals surface area contributed by atoms with E-state index in [0.29, 0.717) is 42.2 Å². The Morgan fingerprint density at radius 2 is 1.69 bits per heavy atom. The number of halogens is 5. The average Bonchev–Trinajstić information content (AvgIpc) is 4.18. The van der Waals surface area contributed by atoms with Crippen molar-refractivity contribution in [2.45, 2.75) is 92.9 Å². The van der Waals surface area contributed by atoms with Crippen molar-refractivity contribution in [1.82, 2.24) is 24.9 Å². The summed E-state index contributed by atoms with van der Waals surface area (Å²) in [5, 5.41) is 5.72. The maximum absolute atomic E-state index is 15.0. The molecule has 1 saturated heterocycles. The number of rotatable bonds is 13. The van der Waals surface area contributed by atoms with Crippen molar-refractivity contribution in [3.05, 3.63) is 96.6 Å². The lowest BCUT2D eigenvalue weighted by Crippen LogP contribution is -2.58. The Hall–Kier alpha value is -6.11. The second kappa shape index (κ2) is 16.5. The summed E-state index contributed by atoms with van der Waals surface area (Å²) in [5.74, 6) is -5.48.